The fourth-order valence-electron chi connectivity index (χ4n) is 3.92. The largest absolute Gasteiger partial charge is 0.464 e. The van der Waals surface area contributed by atoms with E-state index in [1.165, 1.54) is 6.07 Å². The number of ether oxygens (including phenoxy) is 1. The van der Waals surface area contributed by atoms with E-state index in [1.54, 1.807) is 18.2 Å². The molecule has 3 aromatic carbocycles. The zero-order valence-electron chi connectivity index (χ0n) is 15.2. The molecular weight excluding hydrogens is 390 g/mol. The van der Waals surface area contributed by atoms with Crippen molar-refractivity contribution in [3.05, 3.63) is 105 Å². The van der Waals surface area contributed by atoms with Crippen LogP contribution in [0.3, 0.4) is 0 Å². The highest BCUT2D eigenvalue weighted by atomic mass is 35.5. The smallest absolute Gasteiger partial charge is 0.278 e. The lowest BCUT2D eigenvalue weighted by atomic mass is 9.96. The summed E-state index contributed by atoms with van der Waals surface area (Å²) in [5, 5.41) is 18.9. The molecule has 2 aliphatic rings. The van der Waals surface area contributed by atoms with Crippen molar-refractivity contribution in [1.29, 1.82) is 0 Å². The minimum absolute atomic E-state index is 0.0192. The average molecular weight is 406 g/mol. The Morgan fingerprint density at radius 1 is 1.00 bits per heavy atom. The molecule has 29 heavy (non-hydrogen) atoms. The fourth-order valence-corrected chi connectivity index (χ4v) is 4.04. The maximum atomic E-state index is 11.6. The molecule has 0 amide bonds. The molecular formula is C22H16ClN3O3. The lowest BCUT2D eigenvalue weighted by Crippen LogP contribution is -2.34. The normalized spacial score (nSPS) is 19.8. The quantitative estimate of drug-likeness (QED) is 0.426. The summed E-state index contributed by atoms with van der Waals surface area (Å²) < 4.78 is 6.22. The summed E-state index contributed by atoms with van der Waals surface area (Å²) in [6.07, 6.45) is 0.000348. The Hall–Kier alpha value is -3.38. The molecule has 2 atom stereocenters. The minimum Gasteiger partial charge on any atom is -0.464 e. The van der Waals surface area contributed by atoms with E-state index < -0.39 is 6.23 Å². The van der Waals surface area contributed by atoms with Crippen LogP contribution in [0.1, 0.15) is 35.4 Å². The summed E-state index contributed by atoms with van der Waals surface area (Å²) in [6.45, 7) is 0. The average Bonchev–Trinajstić information content (AvgIpc) is 3.19. The molecule has 0 spiro atoms. The Bertz CT molecular complexity index is 1130. The van der Waals surface area contributed by atoms with E-state index in [4.69, 9.17) is 21.4 Å². The van der Waals surface area contributed by atoms with Crippen LogP contribution in [-0.2, 0) is 0 Å². The van der Waals surface area contributed by atoms with Gasteiger partial charge in [-0.05, 0) is 29.8 Å². The number of nitro benzene ring substituents is 1. The van der Waals surface area contributed by atoms with E-state index in [9.17, 15) is 10.1 Å². The van der Waals surface area contributed by atoms with Gasteiger partial charge in [-0.25, -0.2) is 5.01 Å². The van der Waals surface area contributed by atoms with Crippen molar-refractivity contribution in [1.82, 2.24) is 5.01 Å². The number of hydrogen-bond acceptors (Lipinski definition) is 5. The second kappa shape index (κ2) is 6.90. The Labute approximate surface area is 172 Å². The lowest BCUT2D eigenvalue weighted by molar-refractivity contribution is -0.386. The van der Waals surface area contributed by atoms with E-state index in [0.717, 1.165) is 22.6 Å². The highest BCUT2D eigenvalue weighted by Crippen LogP contribution is 2.48. The number of fused-ring (bicyclic) bond motifs is 3. The van der Waals surface area contributed by atoms with Gasteiger partial charge in [-0.15, -0.1) is 0 Å². The molecule has 0 bridgehead atoms. The highest BCUT2D eigenvalue weighted by molar-refractivity contribution is 6.30. The first-order chi connectivity index (χ1) is 14.1. The van der Waals surface area contributed by atoms with Crippen molar-refractivity contribution in [2.45, 2.75) is 18.7 Å². The molecule has 6 nitrogen and oxygen atoms in total. The predicted molar refractivity (Wildman–Crippen MR) is 110 cm³/mol. The van der Waals surface area contributed by atoms with Gasteiger partial charge < -0.3 is 4.74 Å². The van der Waals surface area contributed by atoms with Crippen molar-refractivity contribution in [2.75, 3.05) is 0 Å². The number of hydrogen-bond donors (Lipinski definition) is 0. The number of hydrazone groups is 1. The molecule has 7 heteroatoms. The third-order valence-electron chi connectivity index (χ3n) is 5.28. The number of halogens is 1. The van der Waals surface area contributed by atoms with Gasteiger partial charge >= 0.3 is 0 Å². The SMILES string of the molecule is O=[N+]([O-])c1ccccc1[C@H]1Oc2ccccc2[C@H]2CC(c3ccc(Cl)cc3)=NN21. The molecule has 0 radical (unpaired) electrons. The first kappa shape index (κ1) is 17.7. The van der Waals surface area contributed by atoms with Crippen LogP contribution in [-0.4, -0.2) is 15.6 Å². The fraction of sp³-hybridized carbons (Fsp3) is 0.136. The van der Waals surface area contributed by atoms with E-state index >= 15 is 0 Å². The Morgan fingerprint density at radius 2 is 1.69 bits per heavy atom. The molecule has 0 saturated heterocycles. The van der Waals surface area contributed by atoms with Crippen molar-refractivity contribution < 1.29 is 9.66 Å². The van der Waals surface area contributed by atoms with Gasteiger partial charge in [-0.1, -0.05) is 54.1 Å². The molecule has 5 rings (SSSR count). The molecule has 0 aliphatic carbocycles. The maximum Gasteiger partial charge on any atom is 0.278 e. The molecule has 0 unspecified atom stereocenters. The van der Waals surface area contributed by atoms with Crippen molar-refractivity contribution >= 4 is 23.0 Å². The van der Waals surface area contributed by atoms with Crippen LogP contribution in [0.5, 0.6) is 5.75 Å². The summed E-state index contributed by atoms with van der Waals surface area (Å²) in [6, 6.07) is 21.9. The van der Waals surface area contributed by atoms with E-state index in [-0.39, 0.29) is 16.7 Å². The molecule has 0 fully saturated rings. The van der Waals surface area contributed by atoms with Crippen LogP contribution in [0.15, 0.2) is 77.9 Å². The van der Waals surface area contributed by atoms with E-state index in [1.807, 2.05) is 53.5 Å². The second-order valence-corrected chi connectivity index (χ2v) is 7.41. The van der Waals surface area contributed by atoms with Gasteiger partial charge in [0.15, 0.2) is 0 Å². The first-order valence-corrected chi connectivity index (χ1v) is 9.60. The molecule has 0 N–H and O–H groups in total. The van der Waals surface area contributed by atoms with Crippen LogP contribution in [0, 0.1) is 10.1 Å². The van der Waals surface area contributed by atoms with Crippen LogP contribution in [0.25, 0.3) is 0 Å². The van der Waals surface area contributed by atoms with E-state index in [2.05, 4.69) is 0 Å². The van der Waals surface area contributed by atoms with Crippen molar-refractivity contribution in [3.8, 4) is 5.75 Å². The first-order valence-electron chi connectivity index (χ1n) is 9.22. The zero-order chi connectivity index (χ0) is 20.0. The van der Waals surface area contributed by atoms with Gasteiger partial charge in [0, 0.05) is 23.1 Å². The van der Waals surface area contributed by atoms with E-state index in [0.29, 0.717) is 17.0 Å². The molecule has 2 aliphatic heterocycles. The predicted octanol–water partition coefficient (Wildman–Crippen LogP) is 5.49. The van der Waals surface area contributed by atoms with Gasteiger partial charge in [0.2, 0.25) is 6.23 Å². The van der Waals surface area contributed by atoms with Crippen molar-refractivity contribution in [2.24, 2.45) is 5.10 Å². The third kappa shape index (κ3) is 3.02. The van der Waals surface area contributed by atoms with Gasteiger partial charge in [-0.3, -0.25) is 10.1 Å². The number of benzene rings is 3. The number of nitro groups is 1. The summed E-state index contributed by atoms with van der Waals surface area (Å²) in [7, 11) is 0. The Morgan fingerprint density at radius 3 is 2.45 bits per heavy atom. The Kier molecular flexibility index (Phi) is 4.21. The zero-order valence-corrected chi connectivity index (χ0v) is 16.0. The lowest BCUT2D eigenvalue weighted by Gasteiger charge is -2.37. The van der Waals surface area contributed by atoms with Gasteiger partial charge in [0.1, 0.15) is 5.75 Å². The minimum atomic E-state index is -0.679. The monoisotopic (exact) mass is 405 g/mol. The van der Waals surface area contributed by atoms with Crippen LogP contribution < -0.4 is 4.74 Å². The summed E-state index contributed by atoms with van der Waals surface area (Å²) in [5.41, 5.74) is 3.40. The highest BCUT2D eigenvalue weighted by Gasteiger charge is 2.42. The van der Waals surface area contributed by atoms with Crippen LogP contribution in [0.4, 0.5) is 5.69 Å². The summed E-state index contributed by atoms with van der Waals surface area (Å²) >= 11 is 6.02. The Balaban J connectivity index is 1.63. The van der Waals surface area contributed by atoms with Crippen LogP contribution in [0.2, 0.25) is 5.02 Å². The van der Waals surface area contributed by atoms with Gasteiger partial charge in [-0.2, -0.15) is 5.10 Å². The second-order valence-electron chi connectivity index (χ2n) is 6.98. The van der Waals surface area contributed by atoms with Gasteiger partial charge in [0.25, 0.3) is 5.69 Å². The summed E-state index contributed by atoms with van der Waals surface area (Å²) in [5.74, 6) is 0.726. The maximum absolute atomic E-state index is 11.6. The van der Waals surface area contributed by atoms with Crippen LogP contribution >= 0.6 is 11.6 Å². The molecule has 0 saturated carbocycles. The number of rotatable bonds is 3. The van der Waals surface area contributed by atoms with Crippen molar-refractivity contribution in [3.63, 3.8) is 0 Å². The molecule has 144 valence electrons. The molecule has 0 aromatic heterocycles. The van der Waals surface area contributed by atoms with Gasteiger partial charge in [0.05, 0.1) is 22.2 Å². The topological polar surface area (TPSA) is 68.0 Å². The standard InChI is InChI=1S/C22H16ClN3O3/c23-15-11-9-14(10-12-15)18-13-20-16-5-2-4-8-21(16)29-22(25(20)24-18)17-6-1-3-7-19(17)26(27)28/h1-12,20,22H,13H2/t20-,22-/m1/s1. The third-order valence-corrected chi connectivity index (χ3v) is 5.53. The number of nitrogens with zero attached hydrogens (tertiary/aromatic N) is 3. The molecule has 3 aromatic rings. The number of para-hydroxylation sites is 2. The summed E-state index contributed by atoms with van der Waals surface area (Å²) in [4.78, 5) is 11.2. The molecule has 2 heterocycles.